The molecule has 0 amide bonds. The Morgan fingerprint density at radius 2 is 1.14 bits per heavy atom. The van der Waals surface area contributed by atoms with E-state index in [-0.39, 0.29) is 50.6 Å². The highest BCUT2D eigenvalue weighted by Gasteiger charge is 2.33. The third kappa shape index (κ3) is 8.00. The van der Waals surface area contributed by atoms with Crippen molar-refractivity contribution in [3.63, 3.8) is 0 Å². The van der Waals surface area contributed by atoms with Crippen LogP contribution in [0.25, 0.3) is 0 Å². The zero-order valence-electron chi connectivity index (χ0n) is 14.1. The molecule has 128 valence electrons. The molecular weight excluding hydrogens is 288 g/mol. The van der Waals surface area contributed by atoms with Crippen molar-refractivity contribution < 1.29 is 28.6 Å². The van der Waals surface area contributed by atoms with Gasteiger partial charge in [0.2, 0.25) is 0 Å². The lowest BCUT2D eigenvalue weighted by Gasteiger charge is -2.31. The summed E-state index contributed by atoms with van der Waals surface area (Å²) < 4.78 is 15.6. The molecule has 6 heteroatoms. The quantitative estimate of drug-likeness (QED) is 0.431. The molecule has 0 aromatic rings. The van der Waals surface area contributed by atoms with Gasteiger partial charge in [0.15, 0.2) is 0 Å². The van der Waals surface area contributed by atoms with Crippen LogP contribution in [0.4, 0.5) is 0 Å². The molecular formula is C16H28O6. The van der Waals surface area contributed by atoms with Gasteiger partial charge in [-0.05, 0) is 12.8 Å². The molecule has 0 radical (unpaired) electrons. The van der Waals surface area contributed by atoms with Crippen molar-refractivity contribution >= 4 is 17.9 Å². The van der Waals surface area contributed by atoms with Crippen LogP contribution in [0.2, 0.25) is 0 Å². The third-order valence-corrected chi connectivity index (χ3v) is 3.40. The molecule has 0 spiro atoms. The smallest absolute Gasteiger partial charge is 0.305 e. The molecule has 22 heavy (non-hydrogen) atoms. The number of carbonyl (C=O) groups is 3. The Balaban J connectivity index is 4.77. The molecule has 0 rings (SSSR count). The lowest BCUT2D eigenvalue weighted by Crippen LogP contribution is -2.39. The van der Waals surface area contributed by atoms with Crippen LogP contribution in [-0.2, 0) is 28.6 Å². The Labute approximate surface area is 132 Å². The van der Waals surface area contributed by atoms with E-state index < -0.39 is 5.41 Å². The molecule has 0 fully saturated rings. The Kier molecular flexibility index (Phi) is 10.2. The molecule has 0 aromatic carbocycles. The molecule has 0 aromatic heterocycles. The van der Waals surface area contributed by atoms with Gasteiger partial charge in [-0.3, -0.25) is 14.4 Å². The molecule has 0 unspecified atom stereocenters. The number of esters is 3. The largest absolute Gasteiger partial charge is 0.465 e. The molecule has 6 nitrogen and oxygen atoms in total. The second kappa shape index (κ2) is 11.0. The van der Waals surface area contributed by atoms with Crippen molar-refractivity contribution in [3.8, 4) is 0 Å². The summed E-state index contributed by atoms with van der Waals surface area (Å²) in [6.07, 6.45) is 2.13. The van der Waals surface area contributed by atoms with E-state index in [2.05, 4.69) is 0 Å². The predicted octanol–water partition coefficient (Wildman–Crippen LogP) is 2.63. The second-order valence-corrected chi connectivity index (χ2v) is 5.29. The van der Waals surface area contributed by atoms with E-state index in [9.17, 15) is 14.4 Å². The van der Waals surface area contributed by atoms with Gasteiger partial charge in [0.05, 0.1) is 5.41 Å². The van der Waals surface area contributed by atoms with Crippen molar-refractivity contribution in [3.05, 3.63) is 0 Å². The minimum Gasteiger partial charge on any atom is -0.465 e. The molecule has 0 heterocycles. The highest BCUT2D eigenvalue weighted by molar-refractivity contribution is 5.70. The van der Waals surface area contributed by atoms with E-state index in [0.29, 0.717) is 19.3 Å². The number of ether oxygens (including phenoxy) is 3. The first-order chi connectivity index (χ1) is 10.4. The highest BCUT2D eigenvalue weighted by Crippen LogP contribution is 2.25. The first kappa shape index (κ1) is 20.4. The maximum atomic E-state index is 11.6. The number of rotatable bonds is 11. The SMILES string of the molecule is CCCC(=O)OCC(CC)(COC(=O)CC)COC(=O)CC. The van der Waals surface area contributed by atoms with Crippen molar-refractivity contribution in [2.45, 2.75) is 59.8 Å². The average Bonchev–Trinajstić information content (AvgIpc) is 2.54. The minimum atomic E-state index is -0.695. The fourth-order valence-electron chi connectivity index (χ4n) is 1.61. The molecule has 0 atom stereocenters. The van der Waals surface area contributed by atoms with E-state index in [1.54, 1.807) is 13.8 Å². The highest BCUT2D eigenvalue weighted by atomic mass is 16.6. The summed E-state index contributed by atoms with van der Waals surface area (Å²) in [7, 11) is 0. The number of hydrogen-bond acceptors (Lipinski definition) is 6. The summed E-state index contributed by atoms with van der Waals surface area (Å²) in [6, 6.07) is 0. The Morgan fingerprint density at radius 1 is 0.727 bits per heavy atom. The van der Waals surface area contributed by atoms with Crippen molar-refractivity contribution in [1.29, 1.82) is 0 Å². The summed E-state index contributed by atoms with van der Waals surface area (Å²) in [5.74, 6) is -0.969. The van der Waals surface area contributed by atoms with Crippen LogP contribution in [0, 0.1) is 5.41 Å². The van der Waals surface area contributed by atoms with Gasteiger partial charge in [-0.25, -0.2) is 0 Å². The van der Waals surface area contributed by atoms with Crippen LogP contribution in [0.15, 0.2) is 0 Å². The standard InChI is InChI=1S/C16H28O6/c1-5-9-15(19)22-12-16(8-4,10-20-13(17)6-2)11-21-14(18)7-3/h5-12H2,1-4H3. The van der Waals surface area contributed by atoms with Crippen LogP contribution < -0.4 is 0 Å². The molecule has 0 bridgehead atoms. The Morgan fingerprint density at radius 3 is 1.45 bits per heavy atom. The average molecular weight is 316 g/mol. The van der Waals surface area contributed by atoms with Crippen molar-refractivity contribution in [2.75, 3.05) is 19.8 Å². The first-order valence-corrected chi connectivity index (χ1v) is 7.89. The van der Waals surface area contributed by atoms with Gasteiger partial charge in [0, 0.05) is 19.3 Å². The van der Waals surface area contributed by atoms with Crippen molar-refractivity contribution in [1.82, 2.24) is 0 Å². The van der Waals surface area contributed by atoms with Crippen LogP contribution in [0.5, 0.6) is 0 Å². The summed E-state index contributed by atoms with van der Waals surface area (Å²) in [5.41, 5.74) is -0.695. The molecule has 0 N–H and O–H groups in total. The maximum Gasteiger partial charge on any atom is 0.305 e. The fourth-order valence-corrected chi connectivity index (χ4v) is 1.61. The monoisotopic (exact) mass is 316 g/mol. The van der Waals surface area contributed by atoms with Crippen LogP contribution in [0.3, 0.4) is 0 Å². The normalized spacial score (nSPS) is 10.9. The fraction of sp³-hybridized carbons (Fsp3) is 0.812. The topological polar surface area (TPSA) is 78.9 Å². The Hall–Kier alpha value is -1.59. The lowest BCUT2D eigenvalue weighted by atomic mass is 9.88. The van der Waals surface area contributed by atoms with Gasteiger partial charge < -0.3 is 14.2 Å². The second-order valence-electron chi connectivity index (χ2n) is 5.29. The van der Waals surface area contributed by atoms with Gasteiger partial charge in [0.1, 0.15) is 19.8 Å². The summed E-state index contributed by atoms with van der Waals surface area (Å²) in [4.78, 5) is 34.3. The predicted molar refractivity (Wildman–Crippen MR) is 81.1 cm³/mol. The minimum absolute atomic E-state index is 0.0621. The van der Waals surface area contributed by atoms with E-state index in [4.69, 9.17) is 14.2 Å². The Bertz CT molecular complexity index is 344. The van der Waals surface area contributed by atoms with E-state index >= 15 is 0 Å². The molecule has 0 saturated heterocycles. The van der Waals surface area contributed by atoms with Gasteiger partial charge in [-0.15, -0.1) is 0 Å². The summed E-state index contributed by atoms with van der Waals surface area (Å²) in [5, 5.41) is 0. The van der Waals surface area contributed by atoms with E-state index in [0.717, 1.165) is 0 Å². The lowest BCUT2D eigenvalue weighted by molar-refractivity contribution is -0.162. The van der Waals surface area contributed by atoms with Crippen LogP contribution in [0.1, 0.15) is 59.8 Å². The van der Waals surface area contributed by atoms with Crippen LogP contribution >= 0.6 is 0 Å². The maximum absolute atomic E-state index is 11.6. The number of carbonyl (C=O) groups excluding carboxylic acids is 3. The van der Waals surface area contributed by atoms with E-state index in [1.807, 2.05) is 13.8 Å². The molecule has 0 aliphatic rings. The molecule has 0 aliphatic heterocycles. The zero-order chi connectivity index (χ0) is 17.0. The van der Waals surface area contributed by atoms with Gasteiger partial charge >= 0.3 is 17.9 Å². The number of hydrogen-bond donors (Lipinski definition) is 0. The first-order valence-electron chi connectivity index (χ1n) is 7.89. The zero-order valence-corrected chi connectivity index (χ0v) is 14.1. The van der Waals surface area contributed by atoms with Gasteiger partial charge in [0.25, 0.3) is 0 Å². The van der Waals surface area contributed by atoms with E-state index in [1.165, 1.54) is 0 Å². The molecule has 0 saturated carbocycles. The summed E-state index contributed by atoms with van der Waals surface area (Å²) >= 11 is 0. The summed E-state index contributed by atoms with van der Waals surface area (Å²) in [6.45, 7) is 7.37. The molecule has 0 aliphatic carbocycles. The third-order valence-electron chi connectivity index (χ3n) is 3.40. The van der Waals surface area contributed by atoms with Gasteiger partial charge in [-0.2, -0.15) is 0 Å². The van der Waals surface area contributed by atoms with Crippen LogP contribution in [-0.4, -0.2) is 37.7 Å². The van der Waals surface area contributed by atoms with Crippen molar-refractivity contribution in [2.24, 2.45) is 5.41 Å². The van der Waals surface area contributed by atoms with Gasteiger partial charge in [-0.1, -0.05) is 27.7 Å².